The summed E-state index contributed by atoms with van der Waals surface area (Å²) in [6.45, 7) is -0.179. The van der Waals surface area contributed by atoms with Gasteiger partial charge in [0, 0.05) is 11.3 Å². The molecule has 0 N–H and O–H groups in total. The number of carbonyl (C=O) groups excluding carboxylic acids is 2. The summed E-state index contributed by atoms with van der Waals surface area (Å²) in [6, 6.07) is 12.1. The Labute approximate surface area is 182 Å². The molecule has 6 nitrogen and oxygen atoms in total. The van der Waals surface area contributed by atoms with Crippen LogP contribution in [0.15, 0.2) is 52.9 Å². The van der Waals surface area contributed by atoms with Gasteiger partial charge in [0.15, 0.2) is 17.0 Å². The van der Waals surface area contributed by atoms with E-state index in [0.29, 0.717) is 28.3 Å². The minimum atomic E-state index is -4.62. The molecule has 2 atom stereocenters. The van der Waals surface area contributed by atoms with Crippen molar-refractivity contribution in [2.45, 2.75) is 18.6 Å². The predicted octanol–water partition coefficient (Wildman–Crippen LogP) is 4.72. The maximum atomic E-state index is 13.5. The van der Waals surface area contributed by atoms with Crippen molar-refractivity contribution in [1.29, 1.82) is 0 Å². The molecule has 2 aliphatic rings. The van der Waals surface area contributed by atoms with Gasteiger partial charge in [0.05, 0.1) is 12.5 Å². The number of anilines is 1. The third kappa shape index (κ3) is 3.33. The van der Waals surface area contributed by atoms with Gasteiger partial charge in [-0.2, -0.15) is 13.2 Å². The maximum absolute atomic E-state index is 13.5. The highest BCUT2D eigenvalue weighted by molar-refractivity contribution is 7.41. The first kappa shape index (κ1) is 20.6. The number of alkyl halides is 3. The summed E-state index contributed by atoms with van der Waals surface area (Å²) in [6.07, 6.45) is -4.62. The average Bonchev–Trinajstić information content (AvgIpc) is 3.45. The third-order valence-electron chi connectivity index (χ3n) is 5.43. The van der Waals surface area contributed by atoms with E-state index in [1.54, 1.807) is 30.3 Å². The standard InChI is InChI=1S/C22H15F3NO5P/c23-22(24,25)18-6-5-11(31-18)9-26-15-4-2-1-3-12(15)19(20(26)27)13-7-16-17(30-10-29-16)8-14(13)21(28)32/h1-8,19H,9-10,32H2. The second-order valence-electron chi connectivity index (χ2n) is 7.34. The first-order valence-corrected chi connectivity index (χ1v) is 10.1. The number of ether oxygens (including phenoxy) is 2. The van der Waals surface area contributed by atoms with Gasteiger partial charge in [-0.25, -0.2) is 0 Å². The van der Waals surface area contributed by atoms with Gasteiger partial charge in [0.25, 0.3) is 0 Å². The second kappa shape index (κ2) is 7.38. The number of para-hydroxylation sites is 1. The molecule has 32 heavy (non-hydrogen) atoms. The number of rotatable bonds is 4. The summed E-state index contributed by atoms with van der Waals surface area (Å²) in [5.74, 6) is -1.53. The van der Waals surface area contributed by atoms with Crippen molar-refractivity contribution in [3.63, 3.8) is 0 Å². The first-order valence-electron chi connectivity index (χ1n) is 9.53. The van der Waals surface area contributed by atoms with Crippen molar-refractivity contribution in [2.24, 2.45) is 0 Å². The van der Waals surface area contributed by atoms with Crippen molar-refractivity contribution in [2.75, 3.05) is 11.7 Å². The van der Waals surface area contributed by atoms with Crippen LogP contribution in [0.5, 0.6) is 11.5 Å². The van der Waals surface area contributed by atoms with Gasteiger partial charge in [-0.15, -0.1) is 0 Å². The van der Waals surface area contributed by atoms with Crippen molar-refractivity contribution >= 4 is 26.4 Å². The lowest BCUT2D eigenvalue weighted by Crippen LogP contribution is -2.29. The van der Waals surface area contributed by atoms with Crippen LogP contribution < -0.4 is 14.4 Å². The number of furan rings is 1. The molecule has 0 saturated heterocycles. The number of benzene rings is 2. The molecule has 0 radical (unpaired) electrons. The lowest BCUT2D eigenvalue weighted by atomic mass is 9.89. The minimum absolute atomic E-state index is 0.00459. The summed E-state index contributed by atoms with van der Waals surface area (Å²) < 4.78 is 54.4. The Hall–Kier alpha value is -3.32. The highest BCUT2D eigenvalue weighted by Crippen LogP contribution is 2.46. The van der Waals surface area contributed by atoms with Crippen LogP contribution in [0.3, 0.4) is 0 Å². The fourth-order valence-electron chi connectivity index (χ4n) is 4.03. The molecule has 0 bridgehead atoms. The molecular formula is C22H15F3NO5P. The second-order valence-corrected chi connectivity index (χ2v) is 7.86. The number of amides is 1. The molecule has 5 rings (SSSR count). The normalized spacial score (nSPS) is 17.1. The molecule has 2 aromatic carbocycles. The lowest BCUT2D eigenvalue weighted by molar-refractivity contribution is -0.153. The number of hydrogen-bond acceptors (Lipinski definition) is 5. The molecule has 3 aromatic rings. The van der Waals surface area contributed by atoms with Gasteiger partial charge in [0.2, 0.25) is 18.5 Å². The van der Waals surface area contributed by atoms with E-state index in [4.69, 9.17) is 13.9 Å². The smallest absolute Gasteiger partial charge is 0.449 e. The topological polar surface area (TPSA) is 69.0 Å². The molecule has 2 aliphatic heterocycles. The monoisotopic (exact) mass is 461 g/mol. The average molecular weight is 461 g/mol. The van der Waals surface area contributed by atoms with Crippen molar-refractivity contribution in [3.8, 4) is 11.5 Å². The fraction of sp³-hybridized carbons (Fsp3) is 0.182. The number of carbonyl (C=O) groups is 2. The summed E-state index contributed by atoms with van der Waals surface area (Å²) in [5, 5.41) is 0. The zero-order valence-corrected chi connectivity index (χ0v) is 17.5. The van der Waals surface area contributed by atoms with Crippen LogP contribution in [-0.4, -0.2) is 18.2 Å². The van der Waals surface area contributed by atoms with Crippen molar-refractivity contribution in [3.05, 3.63) is 76.7 Å². The molecule has 0 spiro atoms. The number of fused-ring (bicyclic) bond motifs is 2. The minimum Gasteiger partial charge on any atom is -0.455 e. The van der Waals surface area contributed by atoms with Crippen LogP contribution >= 0.6 is 9.24 Å². The zero-order chi connectivity index (χ0) is 22.6. The summed E-state index contributed by atoms with van der Waals surface area (Å²) in [7, 11) is 2.09. The summed E-state index contributed by atoms with van der Waals surface area (Å²) >= 11 is 0. The number of hydrogen-bond donors (Lipinski definition) is 0. The fourth-order valence-corrected chi connectivity index (χ4v) is 4.28. The SMILES string of the molecule is O=C(P)c1cc2c(cc1C1C(=O)N(Cc3ccc(C(F)(F)F)o3)c3ccccc31)OCO2. The highest BCUT2D eigenvalue weighted by atomic mass is 31.0. The molecule has 0 saturated carbocycles. The predicted molar refractivity (Wildman–Crippen MR) is 110 cm³/mol. The molecular weight excluding hydrogens is 446 g/mol. The van der Waals surface area contributed by atoms with E-state index in [-0.39, 0.29) is 36.1 Å². The van der Waals surface area contributed by atoms with E-state index < -0.39 is 17.9 Å². The molecule has 2 unspecified atom stereocenters. The summed E-state index contributed by atoms with van der Waals surface area (Å²) in [5.41, 5.74) is 1.55. The van der Waals surface area contributed by atoms with E-state index in [1.165, 1.54) is 17.0 Å². The molecule has 1 amide bonds. The number of nitrogens with zero attached hydrogens (tertiary/aromatic N) is 1. The van der Waals surface area contributed by atoms with Gasteiger partial charge < -0.3 is 18.8 Å². The van der Waals surface area contributed by atoms with Gasteiger partial charge in [-0.1, -0.05) is 27.4 Å². The lowest BCUT2D eigenvalue weighted by Gasteiger charge is -2.18. The number of halogens is 3. The first-order chi connectivity index (χ1) is 15.2. The Kier molecular flexibility index (Phi) is 4.74. The van der Waals surface area contributed by atoms with Crippen LogP contribution in [0.4, 0.5) is 18.9 Å². The highest BCUT2D eigenvalue weighted by Gasteiger charge is 2.41. The van der Waals surface area contributed by atoms with Gasteiger partial charge in [-0.3, -0.25) is 9.59 Å². The van der Waals surface area contributed by atoms with Crippen LogP contribution in [0, 0.1) is 0 Å². The van der Waals surface area contributed by atoms with E-state index >= 15 is 0 Å². The largest absolute Gasteiger partial charge is 0.455 e. The van der Waals surface area contributed by atoms with Gasteiger partial charge in [-0.05, 0) is 41.5 Å². The van der Waals surface area contributed by atoms with E-state index in [9.17, 15) is 22.8 Å². The maximum Gasteiger partial charge on any atom is 0.449 e. The Morgan fingerprint density at radius 2 is 1.78 bits per heavy atom. The molecule has 164 valence electrons. The Balaban J connectivity index is 1.57. The Morgan fingerprint density at radius 3 is 2.47 bits per heavy atom. The third-order valence-corrected chi connectivity index (χ3v) is 5.74. The Bertz CT molecular complexity index is 1250. The van der Waals surface area contributed by atoms with Crippen molar-refractivity contribution in [1.82, 2.24) is 0 Å². The van der Waals surface area contributed by atoms with Gasteiger partial charge >= 0.3 is 6.18 Å². The van der Waals surface area contributed by atoms with E-state index in [1.807, 2.05) is 0 Å². The van der Waals surface area contributed by atoms with Crippen LogP contribution in [-0.2, 0) is 17.5 Å². The molecule has 3 heterocycles. The molecule has 0 aliphatic carbocycles. The van der Waals surface area contributed by atoms with Gasteiger partial charge in [0.1, 0.15) is 5.76 Å². The van der Waals surface area contributed by atoms with Crippen LogP contribution in [0.2, 0.25) is 0 Å². The molecule has 0 fully saturated rings. The zero-order valence-electron chi connectivity index (χ0n) is 16.3. The molecule has 10 heteroatoms. The molecule has 1 aromatic heterocycles. The van der Waals surface area contributed by atoms with Crippen LogP contribution in [0.1, 0.15) is 38.9 Å². The van der Waals surface area contributed by atoms with Crippen LogP contribution in [0.25, 0.3) is 0 Å². The Morgan fingerprint density at radius 1 is 1.06 bits per heavy atom. The van der Waals surface area contributed by atoms with E-state index in [2.05, 4.69) is 9.24 Å². The quantitative estimate of drug-likeness (QED) is 0.526. The van der Waals surface area contributed by atoms with Crippen molar-refractivity contribution < 1.29 is 36.7 Å². The summed E-state index contributed by atoms with van der Waals surface area (Å²) in [4.78, 5) is 27.2. The van der Waals surface area contributed by atoms with E-state index in [0.717, 1.165) is 6.07 Å².